The average Bonchev–Trinajstić information content (AvgIpc) is 3.14. The first kappa shape index (κ1) is 24.3. The van der Waals surface area contributed by atoms with Crippen LogP contribution in [-0.4, -0.2) is 16.0 Å². The van der Waals surface area contributed by atoms with Gasteiger partial charge in [0.25, 0.3) is 5.91 Å². The number of hydrogen-bond donors (Lipinski definition) is 1. The fraction of sp³-hybridized carbons (Fsp3) is 0.0435. The molecule has 1 fully saturated rings. The van der Waals surface area contributed by atoms with E-state index in [4.69, 9.17) is 16.3 Å². The van der Waals surface area contributed by atoms with Gasteiger partial charge in [-0.3, -0.25) is 14.9 Å². The molecular formula is C23H13ClF3N3O4S. The van der Waals surface area contributed by atoms with E-state index in [1.165, 1.54) is 12.1 Å². The normalized spacial score (nSPS) is 15.9. The van der Waals surface area contributed by atoms with E-state index in [-0.39, 0.29) is 16.7 Å². The molecule has 4 rings (SSSR count). The lowest BCUT2D eigenvalue weighted by molar-refractivity contribution is -0.385. The molecule has 0 radical (unpaired) electrons. The third-order valence-electron chi connectivity index (χ3n) is 4.59. The molecule has 12 heteroatoms. The van der Waals surface area contributed by atoms with Gasteiger partial charge in [0.05, 0.1) is 26.1 Å². The van der Waals surface area contributed by atoms with Gasteiger partial charge in [0.2, 0.25) is 5.75 Å². The number of amidine groups is 1. The molecule has 1 aliphatic heterocycles. The van der Waals surface area contributed by atoms with Gasteiger partial charge in [-0.05, 0) is 59.8 Å². The van der Waals surface area contributed by atoms with Gasteiger partial charge < -0.3 is 10.1 Å². The van der Waals surface area contributed by atoms with Gasteiger partial charge in [0.15, 0.2) is 5.17 Å². The summed E-state index contributed by atoms with van der Waals surface area (Å²) in [6.45, 7) is 0. The Hall–Kier alpha value is -3.83. The Labute approximate surface area is 205 Å². The highest BCUT2D eigenvalue weighted by molar-refractivity contribution is 8.18. The number of halogens is 4. The number of benzene rings is 3. The van der Waals surface area contributed by atoms with Crippen LogP contribution in [0.25, 0.3) is 6.08 Å². The number of aliphatic imine (C=N–C) groups is 1. The Morgan fingerprint density at radius 1 is 1.06 bits per heavy atom. The number of thioether (sulfide) groups is 1. The van der Waals surface area contributed by atoms with Crippen LogP contribution >= 0.6 is 23.4 Å². The van der Waals surface area contributed by atoms with Gasteiger partial charge in [0, 0.05) is 6.07 Å². The zero-order valence-corrected chi connectivity index (χ0v) is 18.9. The van der Waals surface area contributed by atoms with E-state index < -0.39 is 28.1 Å². The lowest BCUT2D eigenvalue weighted by atomic mass is 10.1. The van der Waals surface area contributed by atoms with E-state index in [2.05, 4.69) is 10.3 Å². The number of alkyl halides is 3. The second-order valence-corrected chi connectivity index (χ2v) is 8.48. The number of amides is 1. The molecule has 3 aromatic rings. The Morgan fingerprint density at radius 2 is 1.77 bits per heavy atom. The number of carbonyl (C=O) groups excluding carboxylic acids is 1. The summed E-state index contributed by atoms with van der Waals surface area (Å²) in [7, 11) is 0. The van der Waals surface area contributed by atoms with Crippen LogP contribution in [0.5, 0.6) is 11.5 Å². The van der Waals surface area contributed by atoms with Crippen LogP contribution < -0.4 is 10.1 Å². The predicted octanol–water partition coefficient (Wildman–Crippen LogP) is 6.95. The van der Waals surface area contributed by atoms with E-state index in [0.717, 1.165) is 17.8 Å². The molecule has 1 saturated heterocycles. The maximum Gasteiger partial charge on any atom is 0.416 e. The third-order valence-corrected chi connectivity index (χ3v) is 5.80. The van der Waals surface area contributed by atoms with Crippen molar-refractivity contribution < 1.29 is 27.6 Å². The highest BCUT2D eigenvalue weighted by Gasteiger charge is 2.33. The summed E-state index contributed by atoms with van der Waals surface area (Å²) in [5, 5.41) is 14.4. The molecule has 1 amide bonds. The molecule has 178 valence electrons. The van der Waals surface area contributed by atoms with Crippen LogP contribution in [-0.2, 0) is 11.0 Å². The van der Waals surface area contributed by atoms with Crippen molar-refractivity contribution in [3.8, 4) is 11.5 Å². The van der Waals surface area contributed by atoms with Crippen LogP contribution in [0.1, 0.15) is 11.1 Å². The summed E-state index contributed by atoms with van der Waals surface area (Å²) in [4.78, 5) is 27.3. The highest BCUT2D eigenvalue weighted by Crippen LogP contribution is 2.40. The molecule has 0 atom stereocenters. The van der Waals surface area contributed by atoms with Crippen LogP contribution in [0, 0.1) is 10.1 Å². The van der Waals surface area contributed by atoms with Crippen LogP contribution in [0.3, 0.4) is 0 Å². The van der Waals surface area contributed by atoms with Gasteiger partial charge in [0.1, 0.15) is 5.75 Å². The summed E-state index contributed by atoms with van der Waals surface area (Å²) >= 11 is 7.38. The van der Waals surface area contributed by atoms with Crippen molar-refractivity contribution in [1.82, 2.24) is 5.32 Å². The smallest absolute Gasteiger partial charge is 0.416 e. The molecule has 0 aromatic heterocycles. The van der Waals surface area contributed by atoms with Crippen molar-refractivity contribution in [1.29, 1.82) is 0 Å². The van der Waals surface area contributed by atoms with Gasteiger partial charge in [-0.15, -0.1) is 0 Å². The molecule has 3 aromatic carbocycles. The number of nitro groups is 1. The van der Waals surface area contributed by atoms with Gasteiger partial charge in [-0.1, -0.05) is 35.9 Å². The largest absolute Gasteiger partial charge is 0.449 e. The van der Waals surface area contributed by atoms with Gasteiger partial charge in [-0.2, -0.15) is 13.2 Å². The van der Waals surface area contributed by atoms with Crippen molar-refractivity contribution in [2.75, 3.05) is 0 Å². The maximum atomic E-state index is 12.9. The standard InChI is InChI=1S/C23H13ClF3N3O4S/c24-16-10-13(11-20-21(31)29-22(35-20)28-15-4-2-1-3-5-15)6-8-18(16)34-19-9-7-14(23(25,26)27)12-17(19)30(32)33/h1-12H,(H,28,29,31)/b20-11-. The molecule has 0 spiro atoms. The zero-order chi connectivity index (χ0) is 25.2. The van der Waals surface area contributed by atoms with Crippen molar-refractivity contribution in [2.24, 2.45) is 4.99 Å². The Bertz CT molecular complexity index is 1380. The fourth-order valence-electron chi connectivity index (χ4n) is 2.98. The monoisotopic (exact) mass is 519 g/mol. The topological polar surface area (TPSA) is 93.8 Å². The number of rotatable bonds is 5. The average molecular weight is 520 g/mol. The first-order chi connectivity index (χ1) is 16.6. The van der Waals surface area contributed by atoms with Crippen LogP contribution in [0.2, 0.25) is 5.02 Å². The van der Waals surface area contributed by atoms with Crippen molar-refractivity contribution in [3.05, 3.63) is 97.9 Å². The first-order valence-electron chi connectivity index (χ1n) is 9.78. The van der Waals surface area contributed by atoms with E-state index in [9.17, 15) is 28.1 Å². The lowest BCUT2D eigenvalue weighted by Crippen LogP contribution is -2.19. The number of carbonyl (C=O) groups is 1. The molecule has 0 bridgehead atoms. The molecule has 0 saturated carbocycles. The summed E-state index contributed by atoms with van der Waals surface area (Å²) in [5.41, 5.74) is -0.820. The predicted molar refractivity (Wildman–Crippen MR) is 127 cm³/mol. The van der Waals surface area contributed by atoms with Gasteiger partial charge in [-0.25, -0.2) is 4.99 Å². The first-order valence-corrected chi connectivity index (χ1v) is 11.0. The van der Waals surface area contributed by atoms with E-state index >= 15 is 0 Å². The number of para-hydroxylation sites is 1. The summed E-state index contributed by atoms with van der Waals surface area (Å²) in [6, 6.07) is 15.4. The third kappa shape index (κ3) is 5.81. The number of hydrogen-bond acceptors (Lipinski definition) is 6. The molecular weight excluding hydrogens is 507 g/mol. The molecule has 1 heterocycles. The Kier molecular flexibility index (Phi) is 6.81. The maximum absolute atomic E-state index is 12.9. The zero-order valence-electron chi connectivity index (χ0n) is 17.4. The van der Waals surface area contributed by atoms with Crippen molar-refractivity contribution in [3.63, 3.8) is 0 Å². The quantitative estimate of drug-likeness (QED) is 0.223. The van der Waals surface area contributed by atoms with E-state index in [0.29, 0.717) is 33.5 Å². The summed E-state index contributed by atoms with van der Waals surface area (Å²) < 4.78 is 44.1. The number of nitrogens with zero attached hydrogens (tertiary/aromatic N) is 2. The minimum Gasteiger partial charge on any atom is -0.449 e. The molecule has 1 aliphatic rings. The number of ether oxygens (including phenoxy) is 1. The molecule has 0 aliphatic carbocycles. The molecule has 0 unspecified atom stereocenters. The lowest BCUT2D eigenvalue weighted by Gasteiger charge is -2.11. The summed E-state index contributed by atoms with van der Waals surface area (Å²) in [6.07, 6.45) is -3.17. The summed E-state index contributed by atoms with van der Waals surface area (Å²) in [5.74, 6) is -0.753. The second-order valence-electron chi connectivity index (χ2n) is 7.05. The van der Waals surface area contributed by atoms with Crippen LogP contribution in [0.15, 0.2) is 76.6 Å². The fourth-order valence-corrected chi connectivity index (χ4v) is 4.05. The highest BCUT2D eigenvalue weighted by atomic mass is 35.5. The molecule has 35 heavy (non-hydrogen) atoms. The number of nitro benzene ring substituents is 1. The Balaban J connectivity index is 1.55. The van der Waals surface area contributed by atoms with Gasteiger partial charge >= 0.3 is 11.9 Å². The number of nitrogens with one attached hydrogen (secondary N) is 1. The molecule has 1 N–H and O–H groups in total. The SMILES string of the molecule is O=C1NC(=Nc2ccccc2)S/C1=C\c1ccc(Oc2ccc(C(F)(F)F)cc2[N+](=O)[O-])c(Cl)c1. The van der Waals surface area contributed by atoms with E-state index in [1.807, 2.05) is 18.2 Å². The van der Waals surface area contributed by atoms with Crippen LogP contribution in [0.4, 0.5) is 24.5 Å². The molecule has 7 nitrogen and oxygen atoms in total. The minimum atomic E-state index is -4.74. The Morgan fingerprint density at radius 3 is 2.43 bits per heavy atom. The minimum absolute atomic E-state index is 0.00784. The van der Waals surface area contributed by atoms with E-state index in [1.54, 1.807) is 24.3 Å². The van der Waals surface area contributed by atoms with Crippen molar-refractivity contribution >= 4 is 51.9 Å². The van der Waals surface area contributed by atoms with Crippen molar-refractivity contribution in [2.45, 2.75) is 6.18 Å². The second kappa shape index (κ2) is 9.80.